The number of aromatic nitrogens is 1. The van der Waals surface area contributed by atoms with Gasteiger partial charge < -0.3 is 5.32 Å². The summed E-state index contributed by atoms with van der Waals surface area (Å²) in [5, 5.41) is 6.65. The number of nitrogens with zero attached hydrogens (tertiary/aromatic N) is 2. The maximum Gasteiger partial charge on any atom is 0.234 e. The topological polar surface area (TPSA) is 45.2 Å². The van der Waals surface area contributed by atoms with Crippen LogP contribution in [-0.2, 0) is 11.2 Å². The van der Waals surface area contributed by atoms with Crippen LogP contribution < -0.4 is 5.32 Å². The second-order valence-electron chi connectivity index (χ2n) is 5.19. The molecule has 2 rings (SSSR count). The SMILES string of the molecule is C[C@H](c1nccs1)N(C)CC(=O)NCCc1ccc(Cl)cc1. The molecule has 0 aliphatic rings. The third-order valence-electron chi connectivity index (χ3n) is 3.51. The van der Waals surface area contributed by atoms with Crippen molar-refractivity contribution in [1.82, 2.24) is 15.2 Å². The molecule has 0 radical (unpaired) electrons. The number of likely N-dealkylation sites (N-methyl/N-ethyl adjacent to an activating group) is 1. The second-order valence-corrected chi connectivity index (χ2v) is 6.55. The van der Waals surface area contributed by atoms with Gasteiger partial charge in [-0.15, -0.1) is 11.3 Å². The van der Waals surface area contributed by atoms with E-state index in [0.29, 0.717) is 13.1 Å². The zero-order chi connectivity index (χ0) is 15.9. The Balaban J connectivity index is 1.72. The van der Waals surface area contributed by atoms with Crippen molar-refractivity contribution in [2.45, 2.75) is 19.4 Å². The van der Waals surface area contributed by atoms with Crippen LogP contribution in [0.1, 0.15) is 23.5 Å². The highest BCUT2D eigenvalue weighted by Crippen LogP contribution is 2.20. The Hall–Kier alpha value is -1.43. The quantitative estimate of drug-likeness (QED) is 0.844. The fourth-order valence-corrected chi connectivity index (χ4v) is 2.93. The van der Waals surface area contributed by atoms with E-state index >= 15 is 0 Å². The molecule has 0 saturated heterocycles. The third kappa shape index (κ3) is 5.09. The minimum atomic E-state index is 0.0277. The van der Waals surface area contributed by atoms with Crippen molar-refractivity contribution in [3.05, 3.63) is 51.4 Å². The molecule has 1 amide bonds. The van der Waals surface area contributed by atoms with Gasteiger partial charge in [0.1, 0.15) is 5.01 Å². The van der Waals surface area contributed by atoms with Crippen molar-refractivity contribution in [1.29, 1.82) is 0 Å². The summed E-state index contributed by atoms with van der Waals surface area (Å²) in [4.78, 5) is 18.3. The number of halogens is 1. The molecule has 2 aromatic rings. The number of carbonyl (C=O) groups is 1. The van der Waals surface area contributed by atoms with E-state index in [1.807, 2.05) is 41.6 Å². The number of hydrogen-bond acceptors (Lipinski definition) is 4. The van der Waals surface area contributed by atoms with E-state index < -0.39 is 0 Å². The summed E-state index contributed by atoms with van der Waals surface area (Å²) in [7, 11) is 1.94. The Morgan fingerprint density at radius 1 is 1.41 bits per heavy atom. The summed E-state index contributed by atoms with van der Waals surface area (Å²) >= 11 is 7.45. The fourth-order valence-electron chi connectivity index (χ4n) is 2.05. The molecule has 1 N–H and O–H groups in total. The van der Waals surface area contributed by atoms with E-state index in [9.17, 15) is 4.79 Å². The van der Waals surface area contributed by atoms with Gasteiger partial charge in [-0.05, 0) is 38.1 Å². The average molecular weight is 338 g/mol. The fraction of sp³-hybridized carbons (Fsp3) is 0.375. The van der Waals surface area contributed by atoms with Crippen LogP contribution >= 0.6 is 22.9 Å². The Labute approximate surface area is 140 Å². The molecule has 0 saturated carbocycles. The van der Waals surface area contributed by atoms with Gasteiger partial charge in [-0.3, -0.25) is 9.69 Å². The van der Waals surface area contributed by atoms with Crippen molar-refractivity contribution in [2.75, 3.05) is 20.1 Å². The molecule has 6 heteroatoms. The van der Waals surface area contributed by atoms with Crippen LogP contribution in [0.2, 0.25) is 5.02 Å². The van der Waals surface area contributed by atoms with Crippen LogP contribution in [-0.4, -0.2) is 35.9 Å². The molecule has 0 spiro atoms. The minimum absolute atomic E-state index is 0.0277. The zero-order valence-electron chi connectivity index (χ0n) is 12.8. The number of carbonyl (C=O) groups excluding carboxylic acids is 1. The van der Waals surface area contributed by atoms with Gasteiger partial charge in [-0.2, -0.15) is 0 Å². The third-order valence-corrected chi connectivity index (χ3v) is 4.71. The number of amides is 1. The molecular formula is C16H20ClN3OS. The van der Waals surface area contributed by atoms with Gasteiger partial charge in [0.05, 0.1) is 12.6 Å². The van der Waals surface area contributed by atoms with E-state index in [0.717, 1.165) is 22.0 Å². The lowest BCUT2D eigenvalue weighted by atomic mass is 10.1. The lowest BCUT2D eigenvalue weighted by molar-refractivity contribution is -0.122. The average Bonchev–Trinajstić information content (AvgIpc) is 3.02. The van der Waals surface area contributed by atoms with Crippen molar-refractivity contribution in [3.8, 4) is 0 Å². The van der Waals surface area contributed by atoms with Gasteiger partial charge in [-0.1, -0.05) is 23.7 Å². The van der Waals surface area contributed by atoms with E-state index in [1.54, 1.807) is 17.5 Å². The Morgan fingerprint density at radius 3 is 2.77 bits per heavy atom. The Kier molecular flexibility index (Phi) is 6.36. The maximum atomic E-state index is 12.0. The summed E-state index contributed by atoms with van der Waals surface area (Å²) in [5.74, 6) is 0.0277. The van der Waals surface area contributed by atoms with Crippen LogP contribution in [0, 0.1) is 0 Å². The Bertz CT molecular complexity index is 586. The van der Waals surface area contributed by atoms with Crippen molar-refractivity contribution < 1.29 is 4.79 Å². The summed E-state index contributed by atoms with van der Waals surface area (Å²) in [6.45, 7) is 3.04. The molecule has 4 nitrogen and oxygen atoms in total. The predicted octanol–water partition coefficient (Wildman–Crippen LogP) is 3.15. The largest absolute Gasteiger partial charge is 0.355 e. The first-order valence-corrected chi connectivity index (χ1v) is 8.43. The van der Waals surface area contributed by atoms with Gasteiger partial charge >= 0.3 is 0 Å². The lowest BCUT2D eigenvalue weighted by Gasteiger charge is -2.22. The highest BCUT2D eigenvalue weighted by molar-refractivity contribution is 7.09. The minimum Gasteiger partial charge on any atom is -0.355 e. The molecule has 22 heavy (non-hydrogen) atoms. The van der Waals surface area contributed by atoms with Gasteiger partial charge in [-0.25, -0.2) is 4.98 Å². The highest BCUT2D eigenvalue weighted by Gasteiger charge is 2.16. The number of benzene rings is 1. The first-order chi connectivity index (χ1) is 10.6. The number of rotatable bonds is 7. The van der Waals surface area contributed by atoms with Gasteiger partial charge in [0.25, 0.3) is 0 Å². The molecule has 1 heterocycles. The maximum absolute atomic E-state index is 12.0. The number of thiazole rings is 1. The van der Waals surface area contributed by atoms with E-state index in [-0.39, 0.29) is 11.9 Å². The summed E-state index contributed by atoms with van der Waals surface area (Å²) in [6, 6.07) is 7.82. The zero-order valence-corrected chi connectivity index (χ0v) is 14.3. The molecule has 0 bridgehead atoms. The number of hydrogen-bond donors (Lipinski definition) is 1. The molecule has 1 aromatic carbocycles. The molecule has 0 aliphatic carbocycles. The molecular weight excluding hydrogens is 318 g/mol. The van der Waals surface area contributed by atoms with Crippen molar-refractivity contribution in [2.24, 2.45) is 0 Å². The molecule has 118 valence electrons. The predicted molar refractivity (Wildman–Crippen MR) is 91.3 cm³/mol. The lowest BCUT2D eigenvalue weighted by Crippen LogP contribution is -2.37. The number of nitrogens with one attached hydrogen (secondary N) is 1. The summed E-state index contributed by atoms with van der Waals surface area (Å²) in [6.07, 6.45) is 2.59. The summed E-state index contributed by atoms with van der Waals surface area (Å²) in [5.41, 5.74) is 1.16. The first kappa shape index (κ1) is 16.9. The van der Waals surface area contributed by atoms with E-state index in [1.165, 1.54) is 0 Å². The molecule has 0 fully saturated rings. The van der Waals surface area contributed by atoms with Gasteiger partial charge in [0.2, 0.25) is 5.91 Å². The second kappa shape index (κ2) is 8.27. The smallest absolute Gasteiger partial charge is 0.234 e. The van der Waals surface area contributed by atoms with E-state index in [2.05, 4.69) is 17.2 Å². The normalized spacial score (nSPS) is 12.4. The Morgan fingerprint density at radius 2 is 2.14 bits per heavy atom. The van der Waals surface area contributed by atoms with Crippen LogP contribution in [0.25, 0.3) is 0 Å². The first-order valence-electron chi connectivity index (χ1n) is 7.17. The summed E-state index contributed by atoms with van der Waals surface area (Å²) < 4.78 is 0. The van der Waals surface area contributed by atoms with Crippen molar-refractivity contribution in [3.63, 3.8) is 0 Å². The van der Waals surface area contributed by atoms with Gasteiger partial charge in [0, 0.05) is 23.1 Å². The molecule has 0 unspecified atom stereocenters. The molecule has 1 atom stereocenters. The highest BCUT2D eigenvalue weighted by atomic mass is 35.5. The van der Waals surface area contributed by atoms with Crippen molar-refractivity contribution >= 4 is 28.8 Å². The molecule has 1 aromatic heterocycles. The van der Waals surface area contributed by atoms with Crippen LogP contribution in [0.5, 0.6) is 0 Å². The standard InChI is InChI=1S/C16H20ClN3OS/c1-12(16-19-9-10-22-16)20(2)11-15(21)18-8-7-13-3-5-14(17)6-4-13/h3-6,9-10,12H,7-8,11H2,1-2H3,(H,18,21)/t12-/m1/s1. The van der Waals surface area contributed by atoms with E-state index in [4.69, 9.17) is 11.6 Å². The molecule has 0 aliphatic heterocycles. The van der Waals surface area contributed by atoms with Gasteiger partial charge in [0.15, 0.2) is 0 Å². The van der Waals surface area contributed by atoms with Crippen LogP contribution in [0.15, 0.2) is 35.8 Å². The van der Waals surface area contributed by atoms with Crippen LogP contribution in [0.3, 0.4) is 0 Å². The van der Waals surface area contributed by atoms with Crippen LogP contribution in [0.4, 0.5) is 0 Å². The monoisotopic (exact) mass is 337 g/mol.